The Labute approximate surface area is 146 Å². The third-order valence-corrected chi connectivity index (χ3v) is 5.00. The molecule has 1 saturated heterocycles. The molecule has 2 heterocycles. The van der Waals surface area contributed by atoms with Crippen molar-refractivity contribution in [2.24, 2.45) is 0 Å². The van der Waals surface area contributed by atoms with Crippen LogP contribution in [0.25, 0.3) is 6.08 Å². The van der Waals surface area contributed by atoms with Gasteiger partial charge in [-0.25, -0.2) is 0 Å². The van der Waals surface area contributed by atoms with Gasteiger partial charge in [-0.15, -0.1) is 0 Å². The number of para-hydroxylation sites is 1. The van der Waals surface area contributed by atoms with E-state index in [4.69, 9.17) is 16.6 Å². The fraction of sp³-hybridized carbons (Fsp3) is 0.125. The summed E-state index contributed by atoms with van der Waals surface area (Å²) in [6, 6.07) is 11.4. The van der Waals surface area contributed by atoms with E-state index in [-0.39, 0.29) is 5.91 Å². The van der Waals surface area contributed by atoms with Crippen LogP contribution in [-0.2, 0) is 11.2 Å². The minimum atomic E-state index is -0.108. The summed E-state index contributed by atoms with van der Waals surface area (Å²) < 4.78 is 6.60. The Morgan fingerprint density at radius 2 is 2.09 bits per heavy atom. The van der Waals surface area contributed by atoms with Crippen molar-refractivity contribution < 1.29 is 9.21 Å². The summed E-state index contributed by atoms with van der Waals surface area (Å²) in [6.45, 7) is 2.06. The molecule has 1 aliphatic heterocycles. The van der Waals surface area contributed by atoms with Gasteiger partial charge >= 0.3 is 0 Å². The summed E-state index contributed by atoms with van der Waals surface area (Å²) in [5.41, 5.74) is 1.96. The van der Waals surface area contributed by atoms with Gasteiger partial charge in [-0.2, -0.15) is 0 Å². The number of thiocarbonyl (C=S) groups is 1. The molecule has 1 aromatic carbocycles. The molecule has 0 radical (unpaired) electrons. The number of nitrogens with zero attached hydrogens (tertiary/aromatic N) is 1. The number of halogens is 1. The van der Waals surface area contributed by atoms with E-state index in [1.54, 1.807) is 23.1 Å². The Bertz CT molecular complexity index is 782. The van der Waals surface area contributed by atoms with E-state index in [0.29, 0.717) is 19.7 Å². The van der Waals surface area contributed by atoms with Crippen LogP contribution in [0.4, 0.5) is 5.69 Å². The molecule has 3 nitrogen and oxygen atoms in total. The molecule has 0 aliphatic carbocycles. The lowest BCUT2D eigenvalue weighted by Crippen LogP contribution is -2.28. The first kappa shape index (κ1) is 15.5. The monoisotopic (exact) mass is 393 g/mol. The molecule has 0 atom stereocenters. The summed E-state index contributed by atoms with van der Waals surface area (Å²) in [5.74, 6) is 0.513. The molecule has 0 unspecified atom stereocenters. The highest BCUT2D eigenvalue weighted by Crippen LogP contribution is 2.37. The number of hydrogen-bond acceptors (Lipinski definition) is 4. The Hall–Kier alpha value is -1.37. The van der Waals surface area contributed by atoms with Gasteiger partial charge in [0.25, 0.3) is 5.91 Å². The average Bonchev–Trinajstić information content (AvgIpc) is 3.03. The number of furan rings is 1. The summed E-state index contributed by atoms with van der Waals surface area (Å²) in [5, 5.41) is 0. The van der Waals surface area contributed by atoms with Crippen LogP contribution in [0.3, 0.4) is 0 Å². The van der Waals surface area contributed by atoms with Crippen molar-refractivity contribution in [3.63, 3.8) is 0 Å². The molecule has 0 N–H and O–H groups in total. The van der Waals surface area contributed by atoms with Crippen LogP contribution in [0, 0.1) is 0 Å². The number of carbonyl (C=O) groups is 1. The van der Waals surface area contributed by atoms with E-state index in [0.717, 1.165) is 17.7 Å². The molecule has 1 aromatic heterocycles. The van der Waals surface area contributed by atoms with Crippen LogP contribution >= 0.6 is 39.9 Å². The second kappa shape index (κ2) is 6.40. The largest absolute Gasteiger partial charge is 0.450 e. The number of hydrogen-bond donors (Lipinski definition) is 0. The SMILES string of the molecule is CCc1ccccc1N1C(=O)/C(=C\c2ccc(Br)o2)SC1=S. The van der Waals surface area contributed by atoms with Crippen LogP contribution in [0.15, 0.2) is 50.4 Å². The molecule has 1 fully saturated rings. The lowest BCUT2D eigenvalue weighted by atomic mass is 10.1. The topological polar surface area (TPSA) is 33.5 Å². The Balaban J connectivity index is 1.97. The summed E-state index contributed by atoms with van der Waals surface area (Å²) >= 11 is 9.94. The highest BCUT2D eigenvalue weighted by atomic mass is 79.9. The van der Waals surface area contributed by atoms with E-state index < -0.39 is 0 Å². The number of aryl methyl sites for hydroxylation is 1. The predicted molar refractivity (Wildman–Crippen MR) is 97.9 cm³/mol. The van der Waals surface area contributed by atoms with Crippen molar-refractivity contribution in [3.8, 4) is 0 Å². The minimum Gasteiger partial charge on any atom is -0.450 e. The lowest BCUT2D eigenvalue weighted by Gasteiger charge is -2.17. The maximum Gasteiger partial charge on any atom is 0.270 e. The van der Waals surface area contributed by atoms with Crippen LogP contribution in [0.1, 0.15) is 18.2 Å². The average molecular weight is 394 g/mol. The van der Waals surface area contributed by atoms with Gasteiger partial charge in [-0.3, -0.25) is 9.69 Å². The van der Waals surface area contributed by atoms with Crippen LogP contribution in [0.2, 0.25) is 0 Å². The van der Waals surface area contributed by atoms with Gasteiger partial charge in [-0.1, -0.05) is 49.1 Å². The fourth-order valence-electron chi connectivity index (χ4n) is 2.24. The predicted octanol–water partition coefficient (Wildman–Crippen LogP) is 5.01. The molecular weight excluding hydrogens is 382 g/mol. The fourth-order valence-corrected chi connectivity index (χ4v) is 3.82. The van der Waals surface area contributed by atoms with Gasteiger partial charge in [0.05, 0.1) is 10.6 Å². The molecule has 0 bridgehead atoms. The molecule has 1 aliphatic rings. The second-order valence-corrected chi connectivity index (χ2v) is 7.10. The van der Waals surface area contributed by atoms with Crippen LogP contribution < -0.4 is 4.90 Å². The highest BCUT2D eigenvalue weighted by molar-refractivity contribution is 9.10. The normalized spacial score (nSPS) is 16.8. The van der Waals surface area contributed by atoms with Gasteiger partial charge < -0.3 is 4.42 Å². The first-order valence-electron chi connectivity index (χ1n) is 6.71. The van der Waals surface area contributed by atoms with Crippen molar-refractivity contribution in [3.05, 3.63) is 57.3 Å². The molecule has 2 aromatic rings. The smallest absolute Gasteiger partial charge is 0.270 e. The molecule has 112 valence electrons. The first-order chi connectivity index (χ1) is 10.6. The number of thioether (sulfide) groups is 1. The Morgan fingerprint density at radius 3 is 2.77 bits per heavy atom. The van der Waals surface area contributed by atoms with Gasteiger partial charge in [0, 0.05) is 6.08 Å². The van der Waals surface area contributed by atoms with Gasteiger partial charge in [0.1, 0.15) is 5.76 Å². The Kier molecular flexibility index (Phi) is 4.52. The molecular formula is C16H12BrNO2S2. The quantitative estimate of drug-likeness (QED) is 0.541. The number of anilines is 1. The van der Waals surface area contributed by atoms with Crippen molar-refractivity contribution in [2.45, 2.75) is 13.3 Å². The molecule has 0 saturated carbocycles. The number of amides is 1. The van der Waals surface area contributed by atoms with Gasteiger partial charge in [0.2, 0.25) is 0 Å². The molecule has 0 spiro atoms. The summed E-state index contributed by atoms with van der Waals surface area (Å²) in [7, 11) is 0. The maximum absolute atomic E-state index is 12.7. The van der Waals surface area contributed by atoms with Crippen LogP contribution in [0.5, 0.6) is 0 Å². The van der Waals surface area contributed by atoms with Crippen molar-refractivity contribution in [1.82, 2.24) is 0 Å². The number of carbonyl (C=O) groups excluding carboxylic acids is 1. The standard InChI is InChI=1S/C16H12BrNO2S2/c1-2-10-5-3-4-6-12(10)18-15(19)13(22-16(18)21)9-11-7-8-14(17)20-11/h3-9H,2H2,1H3/b13-9+. The van der Waals surface area contributed by atoms with Crippen molar-refractivity contribution >= 4 is 61.9 Å². The van der Waals surface area contributed by atoms with E-state index in [9.17, 15) is 4.79 Å². The van der Waals surface area contributed by atoms with E-state index in [1.807, 2.05) is 24.3 Å². The van der Waals surface area contributed by atoms with E-state index in [1.165, 1.54) is 11.8 Å². The zero-order valence-electron chi connectivity index (χ0n) is 11.7. The Morgan fingerprint density at radius 1 is 1.32 bits per heavy atom. The third-order valence-electron chi connectivity index (χ3n) is 3.27. The maximum atomic E-state index is 12.7. The number of rotatable bonds is 3. The minimum absolute atomic E-state index is 0.108. The summed E-state index contributed by atoms with van der Waals surface area (Å²) in [6.07, 6.45) is 2.57. The highest BCUT2D eigenvalue weighted by Gasteiger charge is 2.34. The summed E-state index contributed by atoms with van der Waals surface area (Å²) in [4.78, 5) is 14.9. The molecule has 1 amide bonds. The molecule has 22 heavy (non-hydrogen) atoms. The zero-order valence-corrected chi connectivity index (χ0v) is 14.9. The zero-order chi connectivity index (χ0) is 15.7. The van der Waals surface area contributed by atoms with Crippen molar-refractivity contribution in [1.29, 1.82) is 0 Å². The molecule has 6 heteroatoms. The third kappa shape index (κ3) is 2.91. The van der Waals surface area contributed by atoms with Crippen molar-refractivity contribution in [2.75, 3.05) is 4.90 Å². The van der Waals surface area contributed by atoms with Gasteiger partial charge in [-0.05, 0) is 46.1 Å². The van der Waals surface area contributed by atoms with E-state index >= 15 is 0 Å². The second-order valence-electron chi connectivity index (χ2n) is 4.64. The lowest BCUT2D eigenvalue weighted by molar-refractivity contribution is -0.113. The van der Waals surface area contributed by atoms with E-state index in [2.05, 4.69) is 22.9 Å². The van der Waals surface area contributed by atoms with Crippen LogP contribution in [-0.4, -0.2) is 10.2 Å². The molecule has 3 rings (SSSR count). The first-order valence-corrected chi connectivity index (χ1v) is 8.73. The number of benzene rings is 1. The van der Waals surface area contributed by atoms with Gasteiger partial charge in [0.15, 0.2) is 8.99 Å².